The maximum Gasteiger partial charge on any atom is 0.0469 e. The molecule has 96 valence electrons. The van der Waals surface area contributed by atoms with Gasteiger partial charge in [-0.25, -0.2) is 0 Å². The van der Waals surface area contributed by atoms with Gasteiger partial charge in [-0.1, -0.05) is 32.6 Å². The molecule has 0 bridgehead atoms. The second-order valence-electron chi connectivity index (χ2n) is 5.00. The van der Waals surface area contributed by atoms with Crippen molar-refractivity contribution in [1.82, 2.24) is 5.32 Å². The van der Waals surface area contributed by atoms with Crippen LogP contribution in [0.3, 0.4) is 0 Å². The molecule has 1 N–H and O–H groups in total. The normalized spacial score (nSPS) is 19.9. The SMILES string of the molecule is CCOCCC(CC)CNC1CCCCC1. The molecule has 16 heavy (non-hydrogen) atoms. The lowest BCUT2D eigenvalue weighted by molar-refractivity contribution is 0.130. The summed E-state index contributed by atoms with van der Waals surface area (Å²) in [6.45, 7) is 7.34. The van der Waals surface area contributed by atoms with Crippen LogP contribution in [0.15, 0.2) is 0 Å². The fourth-order valence-corrected chi connectivity index (χ4v) is 2.48. The van der Waals surface area contributed by atoms with E-state index in [4.69, 9.17) is 4.74 Å². The van der Waals surface area contributed by atoms with E-state index in [0.29, 0.717) is 0 Å². The van der Waals surface area contributed by atoms with E-state index < -0.39 is 0 Å². The first kappa shape index (κ1) is 14.0. The van der Waals surface area contributed by atoms with Crippen LogP contribution in [0.4, 0.5) is 0 Å². The lowest BCUT2D eigenvalue weighted by Gasteiger charge is -2.25. The zero-order valence-corrected chi connectivity index (χ0v) is 11.1. The Morgan fingerprint density at radius 2 is 1.94 bits per heavy atom. The van der Waals surface area contributed by atoms with Crippen molar-refractivity contribution in [3.8, 4) is 0 Å². The molecule has 0 aromatic rings. The van der Waals surface area contributed by atoms with Crippen molar-refractivity contribution in [1.29, 1.82) is 0 Å². The number of nitrogens with one attached hydrogen (secondary N) is 1. The van der Waals surface area contributed by atoms with E-state index in [1.807, 2.05) is 0 Å². The molecule has 2 heteroatoms. The van der Waals surface area contributed by atoms with Crippen molar-refractivity contribution in [2.24, 2.45) is 5.92 Å². The maximum atomic E-state index is 5.43. The zero-order chi connectivity index (χ0) is 11.6. The highest BCUT2D eigenvalue weighted by molar-refractivity contribution is 4.73. The summed E-state index contributed by atoms with van der Waals surface area (Å²) in [6, 6.07) is 0.801. The van der Waals surface area contributed by atoms with E-state index >= 15 is 0 Å². The van der Waals surface area contributed by atoms with Gasteiger partial charge in [0.25, 0.3) is 0 Å². The van der Waals surface area contributed by atoms with E-state index in [0.717, 1.165) is 25.2 Å². The van der Waals surface area contributed by atoms with Crippen molar-refractivity contribution >= 4 is 0 Å². The molecular weight excluding hydrogens is 198 g/mol. The molecule has 0 radical (unpaired) electrons. The second kappa shape index (κ2) is 9.00. The molecule has 1 rings (SSSR count). The van der Waals surface area contributed by atoms with Gasteiger partial charge in [0.15, 0.2) is 0 Å². The molecule has 0 saturated heterocycles. The summed E-state index contributed by atoms with van der Waals surface area (Å²) < 4.78 is 5.43. The van der Waals surface area contributed by atoms with Crippen LogP contribution in [-0.4, -0.2) is 25.8 Å². The van der Waals surface area contributed by atoms with E-state index in [1.54, 1.807) is 0 Å². The molecule has 1 atom stereocenters. The summed E-state index contributed by atoms with van der Waals surface area (Å²) in [5, 5.41) is 3.74. The van der Waals surface area contributed by atoms with Gasteiger partial charge in [0.05, 0.1) is 0 Å². The lowest BCUT2D eigenvalue weighted by atomic mass is 9.94. The predicted molar refractivity (Wildman–Crippen MR) is 69.8 cm³/mol. The standard InChI is InChI=1S/C14H29NO/c1-3-13(10-11-16-4-2)12-15-14-8-6-5-7-9-14/h13-15H,3-12H2,1-2H3. The summed E-state index contributed by atoms with van der Waals surface area (Å²) in [6.07, 6.45) is 9.56. The van der Waals surface area contributed by atoms with Crippen LogP contribution in [0, 0.1) is 5.92 Å². The molecule has 2 nitrogen and oxygen atoms in total. The Labute approximate surface area is 101 Å². The van der Waals surface area contributed by atoms with Crippen molar-refractivity contribution < 1.29 is 4.74 Å². The third-order valence-electron chi connectivity index (χ3n) is 3.75. The van der Waals surface area contributed by atoms with Crippen LogP contribution in [0.2, 0.25) is 0 Å². The fourth-order valence-electron chi connectivity index (χ4n) is 2.48. The van der Waals surface area contributed by atoms with Gasteiger partial charge in [-0.15, -0.1) is 0 Å². The Hall–Kier alpha value is -0.0800. The zero-order valence-electron chi connectivity index (χ0n) is 11.1. The van der Waals surface area contributed by atoms with Crippen molar-refractivity contribution in [3.05, 3.63) is 0 Å². The second-order valence-corrected chi connectivity index (χ2v) is 5.00. The Balaban J connectivity index is 2.07. The average molecular weight is 227 g/mol. The number of rotatable bonds is 8. The van der Waals surface area contributed by atoms with Crippen LogP contribution in [0.1, 0.15) is 58.8 Å². The van der Waals surface area contributed by atoms with Crippen LogP contribution >= 0.6 is 0 Å². The summed E-state index contributed by atoms with van der Waals surface area (Å²) in [5.41, 5.74) is 0. The fraction of sp³-hybridized carbons (Fsp3) is 1.00. The largest absolute Gasteiger partial charge is 0.382 e. The van der Waals surface area contributed by atoms with Gasteiger partial charge in [-0.05, 0) is 38.6 Å². The highest BCUT2D eigenvalue weighted by Gasteiger charge is 2.14. The predicted octanol–water partition coefficient (Wildman–Crippen LogP) is 3.36. The van der Waals surface area contributed by atoms with Crippen molar-refractivity contribution in [2.75, 3.05) is 19.8 Å². The topological polar surface area (TPSA) is 21.3 Å². The molecule has 0 aromatic carbocycles. The van der Waals surface area contributed by atoms with Gasteiger partial charge in [0.1, 0.15) is 0 Å². The lowest BCUT2D eigenvalue weighted by Crippen LogP contribution is -2.35. The molecule has 1 aliphatic carbocycles. The third kappa shape index (κ3) is 5.86. The molecule has 0 aromatic heterocycles. The Bertz CT molecular complexity index is 155. The monoisotopic (exact) mass is 227 g/mol. The minimum absolute atomic E-state index is 0.800. The van der Waals surface area contributed by atoms with Crippen molar-refractivity contribution in [3.63, 3.8) is 0 Å². The highest BCUT2D eigenvalue weighted by Crippen LogP contribution is 2.18. The first-order chi connectivity index (χ1) is 7.86. The van der Waals surface area contributed by atoms with Gasteiger partial charge in [-0.2, -0.15) is 0 Å². The number of hydrogen-bond acceptors (Lipinski definition) is 2. The van der Waals surface area contributed by atoms with Gasteiger partial charge < -0.3 is 10.1 Å². The van der Waals surface area contributed by atoms with E-state index in [2.05, 4.69) is 19.2 Å². The number of ether oxygens (including phenoxy) is 1. The van der Waals surface area contributed by atoms with E-state index in [-0.39, 0.29) is 0 Å². The van der Waals surface area contributed by atoms with Gasteiger partial charge in [0.2, 0.25) is 0 Å². The molecule has 0 amide bonds. The molecule has 0 heterocycles. The molecular formula is C14H29NO. The van der Waals surface area contributed by atoms with Gasteiger partial charge in [-0.3, -0.25) is 0 Å². The molecule has 1 unspecified atom stereocenters. The average Bonchev–Trinajstić information content (AvgIpc) is 2.35. The van der Waals surface area contributed by atoms with Crippen LogP contribution in [0.5, 0.6) is 0 Å². The van der Waals surface area contributed by atoms with Crippen LogP contribution < -0.4 is 5.32 Å². The quantitative estimate of drug-likeness (QED) is 0.642. The first-order valence-electron chi connectivity index (χ1n) is 7.18. The van der Waals surface area contributed by atoms with Crippen LogP contribution in [-0.2, 0) is 4.74 Å². The van der Waals surface area contributed by atoms with Gasteiger partial charge >= 0.3 is 0 Å². The smallest absolute Gasteiger partial charge is 0.0469 e. The Morgan fingerprint density at radius 3 is 2.56 bits per heavy atom. The van der Waals surface area contributed by atoms with E-state index in [9.17, 15) is 0 Å². The molecule has 1 fully saturated rings. The van der Waals surface area contributed by atoms with E-state index in [1.165, 1.54) is 51.5 Å². The molecule has 0 aliphatic heterocycles. The van der Waals surface area contributed by atoms with Crippen LogP contribution in [0.25, 0.3) is 0 Å². The summed E-state index contributed by atoms with van der Waals surface area (Å²) in [4.78, 5) is 0. The minimum Gasteiger partial charge on any atom is -0.382 e. The number of hydrogen-bond donors (Lipinski definition) is 1. The molecule has 1 aliphatic rings. The summed E-state index contributed by atoms with van der Waals surface area (Å²) in [7, 11) is 0. The maximum absolute atomic E-state index is 5.43. The summed E-state index contributed by atoms with van der Waals surface area (Å²) in [5.74, 6) is 0.800. The molecule has 1 saturated carbocycles. The Morgan fingerprint density at radius 1 is 1.19 bits per heavy atom. The molecule has 0 spiro atoms. The van der Waals surface area contributed by atoms with Crippen molar-refractivity contribution in [2.45, 2.75) is 64.8 Å². The first-order valence-corrected chi connectivity index (χ1v) is 7.18. The Kier molecular flexibility index (Phi) is 7.87. The third-order valence-corrected chi connectivity index (χ3v) is 3.75. The highest BCUT2D eigenvalue weighted by atomic mass is 16.5. The summed E-state index contributed by atoms with van der Waals surface area (Å²) >= 11 is 0. The van der Waals surface area contributed by atoms with Gasteiger partial charge in [0, 0.05) is 19.3 Å². The minimum atomic E-state index is 0.800.